The maximum atomic E-state index is 12.7. The molecular weight excluding hydrogens is 366 g/mol. The molecule has 2 atom stereocenters. The smallest absolute Gasteiger partial charge is 0.307 e. The van der Waals surface area contributed by atoms with Crippen LogP contribution < -0.4 is 5.32 Å². The number of carbonyl (C=O) groups is 2. The first-order valence-electron chi connectivity index (χ1n) is 8.81. The van der Waals surface area contributed by atoms with Crippen LogP contribution in [0.25, 0.3) is 0 Å². The SMILES string of the molecule is CC1=C(C)C[C@@H](C(=O)Nc2nn(Cc3ccccc3)cc2Cl)[C@@H](C(=O)O)C1. The van der Waals surface area contributed by atoms with Crippen molar-refractivity contribution in [2.24, 2.45) is 11.8 Å². The van der Waals surface area contributed by atoms with E-state index in [1.54, 1.807) is 10.9 Å². The fourth-order valence-electron chi connectivity index (χ4n) is 3.37. The van der Waals surface area contributed by atoms with Gasteiger partial charge >= 0.3 is 5.97 Å². The number of aromatic nitrogens is 2. The second kappa shape index (κ2) is 7.96. The van der Waals surface area contributed by atoms with E-state index in [9.17, 15) is 14.7 Å². The maximum absolute atomic E-state index is 12.7. The lowest BCUT2D eigenvalue weighted by Gasteiger charge is -2.29. The van der Waals surface area contributed by atoms with Crippen molar-refractivity contribution in [3.05, 3.63) is 58.3 Å². The molecule has 0 aliphatic heterocycles. The predicted octanol–water partition coefficient (Wildman–Crippen LogP) is 3.97. The zero-order valence-electron chi connectivity index (χ0n) is 15.3. The van der Waals surface area contributed by atoms with E-state index >= 15 is 0 Å². The Hall–Kier alpha value is -2.60. The molecule has 1 aromatic carbocycles. The Kier molecular flexibility index (Phi) is 5.65. The number of amides is 1. The van der Waals surface area contributed by atoms with Gasteiger partial charge in [-0.15, -0.1) is 0 Å². The molecule has 2 N–H and O–H groups in total. The van der Waals surface area contributed by atoms with E-state index < -0.39 is 17.8 Å². The molecule has 0 bridgehead atoms. The summed E-state index contributed by atoms with van der Waals surface area (Å²) < 4.78 is 1.65. The average molecular weight is 388 g/mol. The van der Waals surface area contributed by atoms with Crippen molar-refractivity contribution in [3.63, 3.8) is 0 Å². The molecule has 1 heterocycles. The quantitative estimate of drug-likeness (QED) is 0.760. The molecule has 6 nitrogen and oxygen atoms in total. The first kappa shape index (κ1) is 19.2. The summed E-state index contributed by atoms with van der Waals surface area (Å²) >= 11 is 6.22. The zero-order valence-corrected chi connectivity index (χ0v) is 16.0. The molecule has 0 saturated carbocycles. The van der Waals surface area contributed by atoms with Crippen LogP contribution in [0.2, 0.25) is 5.02 Å². The number of halogens is 1. The molecule has 0 fully saturated rings. The van der Waals surface area contributed by atoms with Crippen molar-refractivity contribution in [2.45, 2.75) is 33.2 Å². The number of allylic oxidation sites excluding steroid dienone is 2. The van der Waals surface area contributed by atoms with E-state index in [0.717, 1.165) is 16.7 Å². The van der Waals surface area contributed by atoms with Gasteiger partial charge in [-0.2, -0.15) is 5.10 Å². The summed E-state index contributed by atoms with van der Waals surface area (Å²) in [4.78, 5) is 24.3. The number of benzene rings is 1. The monoisotopic (exact) mass is 387 g/mol. The highest BCUT2D eigenvalue weighted by molar-refractivity contribution is 6.33. The Bertz CT molecular complexity index is 889. The number of rotatable bonds is 5. The molecule has 27 heavy (non-hydrogen) atoms. The summed E-state index contributed by atoms with van der Waals surface area (Å²) in [6.45, 7) is 4.38. The highest BCUT2D eigenvalue weighted by Gasteiger charge is 2.37. The number of anilines is 1. The first-order valence-corrected chi connectivity index (χ1v) is 9.18. The molecule has 2 aromatic rings. The summed E-state index contributed by atoms with van der Waals surface area (Å²) in [5.74, 6) is -2.44. The Labute approximate surface area is 162 Å². The van der Waals surface area contributed by atoms with Gasteiger partial charge in [-0.05, 0) is 32.3 Å². The van der Waals surface area contributed by atoms with Gasteiger partial charge in [-0.1, -0.05) is 53.1 Å². The predicted molar refractivity (Wildman–Crippen MR) is 104 cm³/mol. The summed E-state index contributed by atoms with van der Waals surface area (Å²) in [6.07, 6.45) is 2.46. The standard InChI is InChI=1S/C20H22ClN3O3/c1-12-8-15(16(20(26)27)9-13(12)2)19(25)22-18-17(21)11-24(23-18)10-14-6-4-3-5-7-14/h3-7,11,15-16H,8-10H2,1-2H3,(H,26,27)(H,22,23,25)/t15-,16+/m1/s1. The van der Waals surface area contributed by atoms with E-state index in [1.807, 2.05) is 44.2 Å². The van der Waals surface area contributed by atoms with Gasteiger partial charge in [0, 0.05) is 6.20 Å². The largest absolute Gasteiger partial charge is 0.481 e. The van der Waals surface area contributed by atoms with E-state index in [1.165, 1.54) is 0 Å². The highest BCUT2D eigenvalue weighted by Crippen LogP contribution is 2.35. The average Bonchev–Trinajstić information content (AvgIpc) is 2.96. The van der Waals surface area contributed by atoms with Crippen LogP contribution in [0.1, 0.15) is 32.3 Å². The van der Waals surface area contributed by atoms with Crippen LogP contribution in [-0.4, -0.2) is 26.8 Å². The summed E-state index contributed by atoms with van der Waals surface area (Å²) in [7, 11) is 0. The first-order chi connectivity index (χ1) is 12.8. The van der Waals surface area contributed by atoms with Crippen LogP contribution >= 0.6 is 11.6 Å². The van der Waals surface area contributed by atoms with Crippen LogP contribution in [-0.2, 0) is 16.1 Å². The van der Waals surface area contributed by atoms with Gasteiger partial charge in [-0.3, -0.25) is 14.3 Å². The van der Waals surface area contributed by atoms with E-state index in [4.69, 9.17) is 11.6 Å². The maximum Gasteiger partial charge on any atom is 0.307 e. The van der Waals surface area contributed by atoms with Crippen LogP contribution in [0.5, 0.6) is 0 Å². The van der Waals surface area contributed by atoms with E-state index in [2.05, 4.69) is 10.4 Å². The second-order valence-corrected chi connectivity index (χ2v) is 7.43. The summed E-state index contributed by atoms with van der Waals surface area (Å²) in [5, 5.41) is 16.9. The lowest BCUT2D eigenvalue weighted by atomic mass is 9.76. The molecule has 0 radical (unpaired) electrons. The number of hydrogen-bond donors (Lipinski definition) is 2. The minimum Gasteiger partial charge on any atom is -0.481 e. The lowest BCUT2D eigenvalue weighted by Crippen LogP contribution is -2.36. The summed E-state index contributed by atoms with van der Waals surface area (Å²) in [5.41, 5.74) is 3.16. The normalized spacial score (nSPS) is 19.8. The van der Waals surface area contributed by atoms with Crippen LogP contribution in [0.4, 0.5) is 5.82 Å². The summed E-state index contributed by atoms with van der Waals surface area (Å²) in [6, 6.07) is 9.77. The van der Waals surface area contributed by atoms with Crippen LogP contribution in [0.3, 0.4) is 0 Å². The Balaban J connectivity index is 1.74. The van der Waals surface area contributed by atoms with Crippen molar-refractivity contribution >= 4 is 29.3 Å². The van der Waals surface area contributed by atoms with Gasteiger partial charge in [0.2, 0.25) is 5.91 Å². The van der Waals surface area contributed by atoms with Crippen molar-refractivity contribution in [3.8, 4) is 0 Å². The fourth-order valence-corrected chi connectivity index (χ4v) is 3.57. The molecule has 0 saturated heterocycles. The number of nitrogens with one attached hydrogen (secondary N) is 1. The molecule has 1 aliphatic carbocycles. The fraction of sp³-hybridized carbons (Fsp3) is 0.350. The number of hydrogen-bond acceptors (Lipinski definition) is 3. The molecule has 3 rings (SSSR count). The zero-order chi connectivity index (χ0) is 19.6. The van der Waals surface area contributed by atoms with E-state index in [-0.39, 0.29) is 11.7 Å². The van der Waals surface area contributed by atoms with Crippen LogP contribution in [0, 0.1) is 11.8 Å². The second-order valence-electron chi connectivity index (χ2n) is 7.02. The Morgan fingerprint density at radius 1 is 1.19 bits per heavy atom. The van der Waals surface area contributed by atoms with Gasteiger partial charge in [0.15, 0.2) is 5.82 Å². The molecule has 1 amide bonds. The van der Waals surface area contributed by atoms with Crippen molar-refractivity contribution < 1.29 is 14.7 Å². The Morgan fingerprint density at radius 2 is 1.81 bits per heavy atom. The number of nitrogens with zero attached hydrogens (tertiary/aromatic N) is 2. The number of carboxylic acids is 1. The van der Waals surface area contributed by atoms with Gasteiger partial charge in [0.1, 0.15) is 5.02 Å². The third-order valence-electron chi connectivity index (χ3n) is 5.07. The van der Waals surface area contributed by atoms with Crippen molar-refractivity contribution in [1.82, 2.24) is 9.78 Å². The molecule has 142 valence electrons. The molecule has 1 aliphatic rings. The molecule has 1 aromatic heterocycles. The van der Waals surface area contributed by atoms with E-state index in [0.29, 0.717) is 24.4 Å². The topological polar surface area (TPSA) is 84.2 Å². The van der Waals surface area contributed by atoms with Gasteiger partial charge in [0.05, 0.1) is 18.4 Å². The number of carboxylic acid groups (broad SMARTS) is 1. The van der Waals surface area contributed by atoms with Crippen molar-refractivity contribution in [2.75, 3.05) is 5.32 Å². The minimum absolute atomic E-state index is 0.255. The lowest BCUT2D eigenvalue weighted by molar-refractivity contribution is -0.146. The van der Waals surface area contributed by atoms with Gasteiger partial charge < -0.3 is 10.4 Å². The highest BCUT2D eigenvalue weighted by atomic mass is 35.5. The minimum atomic E-state index is -0.956. The molecule has 7 heteroatoms. The van der Waals surface area contributed by atoms with Crippen molar-refractivity contribution in [1.29, 1.82) is 0 Å². The number of aliphatic carboxylic acids is 1. The Morgan fingerprint density at radius 3 is 2.44 bits per heavy atom. The third kappa shape index (κ3) is 4.39. The molecule has 0 spiro atoms. The third-order valence-corrected chi connectivity index (χ3v) is 5.34. The molecular formula is C20H22ClN3O3. The van der Waals surface area contributed by atoms with Gasteiger partial charge in [-0.25, -0.2) is 0 Å². The van der Waals surface area contributed by atoms with Crippen LogP contribution in [0.15, 0.2) is 47.7 Å². The molecule has 0 unspecified atom stereocenters. The number of carbonyl (C=O) groups excluding carboxylic acids is 1. The van der Waals surface area contributed by atoms with Gasteiger partial charge in [0.25, 0.3) is 0 Å².